The van der Waals surface area contributed by atoms with E-state index >= 15 is 0 Å². The number of oxime groups is 1. The number of nitrogen functional groups attached to an aromatic ring is 1. The van der Waals surface area contributed by atoms with Crippen molar-refractivity contribution in [3.63, 3.8) is 0 Å². The Morgan fingerprint density at radius 2 is 2.17 bits per heavy atom. The Morgan fingerprint density at radius 1 is 1.46 bits per heavy atom. The molecule has 0 bridgehead atoms. The van der Waals surface area contributed by atoms with Crippen LogP contribution in [0.15, 0.2) is 10.5 Å². The number of aromatic nitrogens is 1. The van der Waals surface area contributed by atoms with Gasteiger partial charge in [0, 0.05) is 21.9 Å². The molecule has 6 unspecified atom stereocenters. The summed E-state index contributed by atoms with van der Waals surface area (Å²) in [6, 6.07) is -1.45. The van der Waals surface area contributed by atoms with Crippen molar-refractivity contribution in [1.29, 1.82) is 0 Å². The maximum atomic E-state index is 13.0. The van der Waals surface area contributed by atoms with Gasteiger partial charge in [0.2, 0.25) is 6.10 Å². The number of carboxylic acids is 1. The van der Waals surface area contributed by atoms with E-state index in [0.29, 0.717) is 4.90 Å². The van der Waals surface area contributed by atoms with Crippen LogP contribution in [0.2, 0.25) is 0 Å². The highest BCUT2D eigenvalue weighted by atomic mass is 32.2. The monoisotopic (exact) mass is 530 g/mol. The number of hydrogen-bond acceptors (Lipinski definition) is 13. The third-order valence-electron chi connectivity index (χ3n) is 5.60. The number of aliphatic hydroxyl groups is 1. The molecule has 4 rings (SSSR count). The van der Waals surface area contributed by atoms with Gasteiger partial charge >= 0.3 is 11.9 Å². The van der Waals surface area contributed by atoms with E-state index in [1.165, 1.54) is 5.38 Å². The fraction of sp³-hybridized carbons (Fsp3) is 0.471. The molecule has 3 amide bonds. The molecule has 6 atom stereocenters. The minimum absolute atomic E-state index is 0.0471. The lowest BCUT2D eigenvalue weighted by Crippen LogP contribution is -2.83. The fourth-order valence-corrected chi connectivity index (χ4v) is 6.46. The van der Waals surface area contributed by atoms with E-state index < -0.39 is 81.9 Å². The van der Waals surface area contributed by atoms with Gasteiger partial charge in [-0.2, -0.15) is 0 Å². The molecule has 16 nitrogen and oxygen atoms in total. The van der Waals surface area contributed by atoms with Crippen molar-refractivity contribution >= 4 is 62.6 Å². The van der Waals surface area contributed by atoms with Crippen LogP contribution in [0.4, 0.5) is 5.13 Å². The zero-order valence-electron chi connectivity index (χ0n) is 17.5. The number of carbonyl (C=O) groups excluding carboxylic acids is 4. The van der Waals surface area contributed by atoms with Gasteiger partial charge in [-0.1, -0.05) is 5.16 Å². The predicted octanol–water partition coefficient (Wildman–Crippen LogP) is -3.95. The van der Waals surface area contributed by atoms with E-state index in [-0.39, 0.29) is 23.0 Å². The number of aliphatic carboxylic acids is 1. The summed E-state index contributed by atoms with van der Waals surface area (Å²) < 4.78 is 17.8. The number of fused-ring (bicyclic) bond motifs is 3. The van der Waals surface area contributed by atoms with Crippen LogP contribution < -0.4 is 16.8 Å². The molecule has 18 heteroatoms. The normalized spacial score (nSPS) is 30.4. The summed E-state index contributed by atoms with van der Waals surface area (Å²) >= 11 is 0.939. The van der Waals surface area contributed by atoms with Crippen molar-refractivity contribution in [3.8, 4) is 0 Å². The van der Waals surface area contributed by atoms with Crippen LogP contribution in [0.1, 0.15) is 12.1 Å². The molecule has 0 aliphatic carbocycles. The Labute approximate surface area is 201 Å². The zero-order valence-corrected chi connectivity index (χ0v) is 19.1. The molecular weight excluding hydrogens is 512 g/mol. The number of nitrogens with one attached hydrogen (secondary N) is 1. The van der Waals surface area contributed by atoms with Crippen LogP contribution >= 0.6 is 11.3 Å². The number of amides is 3. The molecule has 3 saturated heterocycles. The highest BCUT2D eigenvalue weighted by molar-refractivity contribution is 7.85. The summed E-state index contributed by atoms with van der Waals surface area (Å²) in [5.74, 6) is -6.79. The Balaban J connectivity index is 1.60. The van der Waals surface area contributed by atoms with Gasteiger partial charge in [-0.25, -0.2) is 9.78 Å². The number of anilines is 1. The summed E-state index contributed by atoms with van der Waals surface area (Å²) in [6.07, 6.45) is -1.92. The Hall–Kier alpha value is -3.64. The lowest BCUT2D eigenvalue weighted by molar-refractivity contribution is -0.216. The minimum atomic E-state index is -2.31. The van der Waals surface area contributed by atoms with E-state index in [1.807, 2.05) is 0 Å². The number of rotatable bonds is 8. The first kappa shape index (κ1) is 24.5. The maximum Gasteiger partial charge on any atom is 0.370 e. The topological polar surface area (TPSA) is 254 Å². The average molecular weight is 530 g/mol. The molecule has 1 aromatic heterocycles. The summed E-state index contributed by atoms with van der Waals surface area (Å²) in [5, 5.41) is 24.8. The van der Waals surface area contributed by atoms with E-state index in [2.05, 4.69) is 15.5 Å². The molecule has 0 saturated carbocycles. The van der Waals surface area contributed by atoms with Crippen molar-refractivity contribution < 1.29 is 48.0 Å². The van der Waals surface area contributed by atoms with Crippen LogP contribution in [0.3, 0.4) is 0 Å². The standard InChI is InChI=1S/C17H18N6O10S2/c18-11(26)7(2-24)33-22-9(6-3-34-16(19)20-6)12(27)21-10-13(28)23-14(10)35(31)4-5-1-8(25)32-17(5,23)15(29)30/h3,5,7,10,14,24H,1-2,4H2,(H2,18,26)(H2,19,20)(H,21,27)(H,29,30)/b22-9-. The Kier molecular flexibility index (Phi) is 6.20. The number of hydrogen-bond donors (Lipinski definition) is 5. The zero-order chi connectivity index (χ0) is 25.7. The molecule has 4 heterocycles. The van der Waals surface area contributed by atoms with E-state index in [4.69, 9.17) is 21.0 Å². The molecule has 0 radical (unpaired) electrons. The second kappa shape index (κ2) is 8.86. The number of carboxylic acid groups (broad SMARTS) is 1. The van der Waals surface area contributed by atoms with Crippen molar-refractivity contribution in [1.82, 2.24) is 15.2 Å². The van der Waals surface area contributed by atoms with Gasteiger partial charge in [-0.05, 0) is 0 Å². The van der Waals surface area contributed by atoms with Crippen molar-refractivity contribution in [2.75, 3.05) is 18.1 Å². The highest BCUT2D eigenvalue weighted by Crippen LogP contribution is 2.47. The van der Waals surface area contributed by atoms with Gasteiger partial charge in [0.25, 0.3) is 23.4 Å². The number of nitrogens with two attached hydrogens (primary N) is 2. The number of carbonyl (C=O) groups is 5. The number of thiazole rings is 1. The summed E-state index contributed by atoms with van der Waals surface area (Å²) in [7, 11) is -1.84. The van der Waals surface area contributed by atoms with Gasteiger partial charge in [-0.15, -0.1) is 11.3 Å². The Morgan fingerprint density at radius 3 is 2.74 bits per heavy atom. The van der Waals surface area contributed by atoms with Crippen molar-refractivity contribution in [2.45, 2.75) is 29.7 Å². The first-order chi connectivity index (χ1) is 16.5. The molecule has 7 N–H and O–H groups in total. The molecule has 0 spiro atoms. The fourth-order valence-electron chi connectivity index (χ4n) is 4.00. The Bertz CT molecular complexity index is 1190. The van der Waals surface area contributed by atoms with Crippen LogP contribution in [0, 0.1) is 5.92 Å². The van der Waals surface area contributed by atoms with Gasteiger partial charge < -0.3 is 36.6 Å². The average Bonchev–Trinajstić information content (AvgIpc) is 3.35. The van der Waals surface area contributed by atoms with Crippen LogP contribution in [-0.2, 0) is 44.3 Å². The lowest BCUT2D eigenvalue weighted by atomic mass is 9.89. The van der Waals surface area contributed by atoms with Gasteiger partial charge in [0.1, 0.15) is 17.1 Å². The van der Waals surface area contributed by atoms with Gasteiger partial charge in [-0.3, -0.25) is 28.3 Å². The maximum absolute atomic E-state index is 13.0. The van der Waals surface area contributed by atoms with Gasteiger partial charge in [0.15, 0.2) is 10.8 Å². The number of primary amides is 1. The number of esters is 1. The van der Waals surface area contributed by atoms with Crippen molar-refractivity contribution in [3.05, 3.63) is 11.1 Å². The SMILES string of the molecule is NC(=O)C(CO)O/N=C(\C(=O)NC1C(=O)N2C1S(=O)CC1CC(=O)OC12C(=O)O)c1csc(N)n1. The summed E-state index contributed by atoms with van der Waals surface area (Å²) in [4.78, 5) is 70.5. The number of nitrogens with zero attached hydrogens (tertiary/aromatic N) is 3. The van der Waals surface area contributed by atoms with E-state index in [9.17, 15) is 38.4 Å². The minimum Gasteiger partial charge on any atom is -0.477 e. The van der Waals surface area contributed by atoms with Crippen molar-refractivity contribution in [2.24, 2.45) is 16.8 Å². The first-order valence-electron chi connectivity index (χ1n) is 9.83. The summed E-state index contributed by atoms with van der Waals surface area (Å²) in [6.45, 7) is -0.846. The van der Waals surface area contributed by atoms with Gasteiger partial charge in [0.05, 0.1) is 18.9 Å². The smallest absolute Gasteiger partial charge is 0.370 e. The highest BCUT2D eigenvalue weighted by Gasteiger charge is 2.73. The third-order valence-corrected chi connectivity index (χ3v) is 8.03. The van der Waals surface area contributed by atoms with E-state index in [1.54, 1.807) is 0 Å². The number of β-lactam (4-membered cyclic amide) rings is 1. The molecule has 188 valence electrons. The quantitative estimate of drug-likeness (QED) is 0.0934. The number of ether oxygens (including phenoxy) is 1. The second-order valence-electron chi connectivity index (χ2n) is 7.66. The predicted molar refractivity (Wildman–Crippen MR) is 114 cm³/mol. The molecule has 1 aromatic rings. The molecular formula is C17H18N6O10S2. The molecule has 3 aliphatic rings. The third kappa shape index (κ3) is 3.88. The summed E-state index contributed by atoms with van der Waals surface area (Å²) in [5.41, 5.74) is 7.68. The molecule has 3 aliphatic heterocycles. The largest absolute Gasteiger partial charge is 0.477 e. The lowest BCUT2D eigenvalue weighted by Gasteiger charge is -2.56. The van der Waals surface area contributed by atoms with Crippen LogP contribution in [-0.4, -0.2) is 95.3 Å². The van der Waals surface area contributed by atoms with Crippen LogP contribution in [0.5, 0.6) is 0 Å². The number of aliphatic hydroxyl groups excluding tert-OH is 1. The molecule has 3 fully saturated rings. The second-order valence-corrected chi connectivity index (χ2v) is 10.1. The molecule has 0 aromatic carbocycles. The first-order valence-corrected chi connectivity index (χ1v) is 12.1. The molecule has 35 heavy (non-hydrogen) atoms. The van der Waals surface area contributed by atoms with Crippen LogP contribution in [0.25, 0.3) is 0 Å². The van der Waals surface area contributed by atoms with E-state index in [0.717, 1.165) is 11.3 Å².